The molecule has 1 N–H and O–H groups in total. The maximum Gasteiger partial charge on any atom is 0.0963 e. The van der Waals surface area contributed by atoms with Crippen molar-refractivity contribution in [1.82, 2.24) is 10.2 Å². The van der Waals surface area contributed by atoms with Crippen molar-refractivity contribution in [2.24, 2.45) is 10.9 Å². The Morgan fingerprint density at radius 2 is 2.11 bits per heavy atom. The van der Waals surface area contributed by atoms with Gasteiger partial charge in [0, 0.05) is 25.0 Å². The first kappa shape index (κ1) is 14.8. The molecule has 1 fully saturated rings. The van der Waals surface area contributed by atoms with Crippen molar-refractivity contribution in [2.45, 2.75) is 63.8 Å². The molecule has 0 saturated heterocycles. The summed E-state index contributed by atoms with van der Waals surface area (Å²) in [5.41, 5.74) is 0.340. The van der Waals surface area contributed by atoms with E-state index in [0.29, 0.717) is 5.54 Å². The Hall–Kier alpha value is -0.570. The molecule has 0 amide bonds. The highest BCUT2D eigenvalue weighted by atomic mass is 15.2. The summed E-state index contributed by atoms with van der Waals surface area (Å²) in [5, 5.41) is 3.68. The van der Waals surface area contributed by atoms with Gasteiger partial charge in [-0.2, -0.15) is 0 Å². The Labute approximate surface area is 118 Å². The summed E-state index contributed by atoms with van der Waals surface area (Å²) in [4.78, 5) is 7.16. The lowest BCUT2D eigenvalue weighted by Crippen LogP contribution is -2.55. The SMILES string of the molecule is CC1CCCC(CNC2=NCCCCC2)(N(C)C)C1. The summed E-state index contributed by atoms with van der Waals surface area (Å²) in [5.74, 6) is 2.12. The van der Waals surface area contributed by atoms with Crippen molar-refractivity contribution in [2.75, 3.05) is 27.2 Å². The van der Waals surface area contributed by atoms with Crippen molar-refractivity contribution >= 4 is 5.84 Å². The maximum atomic E-state index is 4.70. The van der Waals surface area contributed by atoms with Crippen LogP contribution in [0.5, 0.6) is 0 Å². The van der Waals surface area contributed by atoms with Crippen LogP contribution in [0.25, 0.3) is 0 Å². The molecule has 1 saturated carbocycles. The van der Waals surface area contributed by atoms with Crippen LogP contribution in [-0.4, -0.2) is 43.5 Å². The van der Waals surface area contributed by atoms with E-state index >= 15 is 0 Å². The maximum absolute atomic E-state index is 4.70. The van der Waals surface area contributed by atoms with E-state index in [1.807, 2.05) is 0 Å². The topological polar surface area (TPSA) is 27.6 Å². The molecule has 0 bridgehead atoms. The Balaban J connectivity index is 1.94. The molecule has 1 aliphatic heterocycles. The molecule has 3 heteroatoms. The number of aliphatic imine (C=N–C) groups is 1. The third-order valence-electron chi connectivity index (χ3n) is 5.01. The van der Waals surface area contributed by atoms with E-state index in [1.165, 1.54) is 50.8 Å². The Morgan fingerprint density at radius 1 is 1.26 bits per heavy atom. The lowest BCUT2D eigenvalue weighted by atomic mass is 9.75. The van der Waals surface area contributed by atoms with Crippen molar-refractivity contribution in [3.05, 3.63) is 0 Å². The highest BCUT2D eigenvalue weighted by molar-refractivity contribution is 5.82. The molecule has 2 unspecified atom stereocenters. The molecular formula is C16H31N3. The highest BCUT2D eigenvalue weighted by Crippen LogP contribution is 2.35. The number of nitrogens with zero attached hydrogens (tertiary/aromatic N) is 2. The number of nitrogens with one attached hydrogen (secondary N) is 1. The van der Waals surface area contributed by atoms with E-state index in [0.717, 1.165) is 25.4 Å². The second-order valence-corrected chi connectivity index (χ2v) is 6.81. The minimum atomic E-state index is 0.340. The third kappa shape index (κ3) is 3.95. The van der Waals surface area contributed by atoms with Crippen molar-refractivity contribution in [3.8, 4) is 0 Å². The van der Waals surface area contributed by atoms with E-state index in [4.69, 9.17) is 4.99 Å². The summed E-state index contributed by atoms with van der Waals surface area (Å²) in [7, 11) is 4.49. The van der Waals surface area contributed by atoms with Crippen molar-refractivity contribution in [3.63, 3.8) is 0 Å². The minimum Gasteiger partial charge on any atom is -0.372 e. The molecular weight excluding hydrogens is 234 g/mol. The van der Waals surface area contributed by atoms with Crippen LogP contribution >= 0.6 is 0 Å². The molecule has 0 aromatic carbocycles. The minimum absolute atomic E-state index is 0.340. The van der Waals surface area contributed by atoms with Gasteiger partial charge in [0.25, 0.3) is 0 Å². The fourth-order valence-electron chi connectivity index (χ4n) is 3.64. The molecule has 0 radical (unpaired) electrons. The molecule has 2 atom stereocenters. The van der Waals surface area contributed by atoms with Crippen LogP contribution in [-0.2, 0) is 0 Å². The predicted molar refractivity (Wildman–Crippen MR) is 82.8 cm³/mol. The van der Waals surface area contributed by atoms with E-state index in [1.54, 1.807) is 0 Å². The molecule has 3 nitrogen and oxygen atoms in total. The van der Waals surface area contributed by atoms with Gasteiger partial charge < -0.3 is 10.2 Å². The van der Waals surface area contributed by atoms with E-state index < -0.39 is 0 Å². The second kappa shape index (κ2) is 6.74. The molecule has 110 valence electrons. The molecule has 1 aliphatic carbocycles. The van der Waals surface area contributed by atoms with Gasteiger partial charge in [-0.25, -0.2) is 0 Å². The summed E-state index contributed by atoms with van der Waals surface area (Å²) in [6.07, 6.45) is 10.5. The zero-order valence-electron chi connectivity index (χ0n) is 13.0. The van der Waals surface area contributed by atoms with Crippen molar-refractivity contribution in [1.29, 1.82) is 0 Å². The largest absolute Gasteiger partial charge is 0.372 e. The molecule has 0 aromatic heterocycles. The average molecular weight is 265 g/mol. The second-order valence-electron chi connectivity index (χ2n) is 6.81. The van der Waals surface area contributed by atoms with Crippen LogP contribution < -0.4 is 5.32 Å². The van der Waals surface area contributed by atoms with Gasteiger partial charge in [-0.05, 0) is 45.7 Å². The summed E-state index contributed by atoms with van der Waals surface area (Å²) in [6, 6.07) is 0. The van der Waals surface area contributed by atoms with Crippen LogP contribution in [0.4, 0.5) is 0 Å². The Bertz CT molecular complexity index is 311. The standard InChI is InChI=1S/C16H31N3/c1-14-8-7-10-16(12-14,19(2)3)13-18-15-9-5-4-6-11-17-15/h14H,4-13H2,1-3H3,(H,17,18). The van der Waals surface area contributed by atoms with Gasteiger partial charge in [-0.1, -0.05) is 26.2 Å². The van der Waals surface area contributed by atoms with Gasteiger partial charge in [-0.15, -0.1) is 0 Å². The average Bonchev–Trinajstić information content (AvgIpc) is 2.65. The Morgan fingerprint density at radius 3 is 2.84 bits per heavy atom. The van der Waals surface area contributed by atoms with Crippen LogP contribution in [0.15, 0.2) is 4.99 Å². The number of rotatable bonds is 3. The van der Waals surface area contributed by atoms with E-state index in [2.05, 4.69) is 31.2 Å². The van der Waals surface area contributed by atoms with Gasteiger partial charge in [0.05, 0.1) is 5.84 Å². The van der Waals surface area contributed by atoms with Crippen LogP contribution in [0.2, 0.25) is 0 Å². The van der Waals surface area contributed by atoms with Crippen LogP contribution in [0.3, 0.4) is 0 Å². The first-order valence-corrected chi connectivity index (χ1v) is 8.07. The predicted octanol–water partition coefficient (Wildman–Crippen LogP) is 3.06. The lowest BCUT2D eigenvalue weighted by Gasteiger charge is -2.45. The first-order chi connectivity index (χ1) is 9.12. The molecule has 0 aromatic rings. The quantitative estimate of drug-likeness (QED) is 0.849. The molecule has 2 aliphatic rings. The van der Waals surface area contributed by atoms with E-state index in [-0.39, 0.29) is 0 Å². The molecule has 0 spiro atoms. The lowest BCUT2D eigenvalue weighted by molar-refractivity contribution is 0.0796. The molecule has 1 heterocycles. The normalized spacial score (nSPS) is 32.8. The van der Waals surface area contributed by atoms with E-state index in [9.17, 15) is 0 Å². The third-order valence-corrected chi connectivity index (χ3v) is 5.01. The summed E-state index contributed by atoms with van der Waals surface area (Å²) >= 11 is 0. The van der Waals surface area contributed by atoms with Gasteiger partial charge in [0.15, 0.2) is 0 Å². The monoisotopic (exact) mass is 265 g/mol. The number of amidine groups is 1. The zero-order valence-corrected chi connectivity index (χ0v) is 13.0. The molecule has 2 rings (SSSR count). The van der Waals surface area contributed by atoms with Gasteiger partial charge in [0.2, 0.25) is 0 Å². The van der Waals surface area contributed by atoms with Crippen LogP contribution in [0.1, 0.15) is 58.3 Å². The molecule has 19 heavy (non-hydrogen) atoms. The van der Waals surface area contributed by atoms with Crippen molar-refractivity contribution < 1.29 is 0 Å². The number of hydrogen-bond donors (Lipinski definition) is 1. The Kier molecular flexibility index (Phi) is 5.26. The summed E-state index contributed by atoms with van der Waals surface area (Å²) in [6.45, 7) is 4.50. The smallest absolute Gasteiger partial charge is 0.0963 e. The first-order valence-electron chi connectivity index (χ1n) is 8.07. The number of likely N-dealkylation sites (N-methyl/N-ethyl adjacent to an activating group) is 1. The fraction of sp³-hybridized carbons (Fsp3) is 0.938. The van der Waals surface area contributed by atoms with Gasteiger partial charge in [-0.3, -0.25) is 4.99 Å². The van der Waals surface area contributed by atoms with Gasteiger partial charge >= 0.3 is 0 Å². The summed E-state index contributed by atoms with van der Waals surface area (Å²) < 4.78 is 0. The van der Waals surface area contributed by atoms with Gasteiger partial charge in [0.1, 0.15) is 0 Å². The van der Waals surface area contributed by atoms with Crippen LogP contribution in [0, 0.1) is 5.92 Å². The number of hydrogen-bond acceptors (Lipinski definition) is 3. The fourth-order valence-corrected chi connectivity index (χ4v) is 3.64. The highest BCUT2D eigenvalue weighted by Gasteiger charge is 2.36. The zero-order chi connectivity index (χ0) is 13.7.